The molecule has 0 spiro atoms. The second-order valence-electron chi connectivity index (χ2n) is 6.25. The Hall–Kier alpha value is -3.40. The molecule has 0 radical (unpaired) electrons. The molecule has 4 nitrogen and oxygen atoms in total. The molecule has 0 bridgehead atoms. The zero-order valence-corrected chi connectivity index (χ0v) is 14.4. The van der Waals surface area contributed by atoms with E-state index >= 15 is 0 Å². The van der Waals surface area contributed by atoms with Crippen LogP contribution < -0.4 is 0 Å². The van der Waals surface area contributed by atoms with E-state index in [1.807, 2.05) is 62.4 Å². The van der Waals surface area contributed by atoms with Crippen molar-refractivity contribution in [3.05, 3.63) is 94.1 Å². The van der Waals surface area contributed by atoms with Crippen LogP contribution in [0.3, 0.4) is 0 Å². The molecule has 0 aliphatic carbocycles. The van der Waals surface area contributed by atoms with Gasteiger partial charge in [0, 0.05) is 11.1 Å². The van der Waals surface area contributed by atoms with E-state index in [-0.39, 0.29) is 11.1 Å². The van der Waals surface area contributed by atoms with Crippen molar-refractivity contribution < 1.29 is 19.1 Å². The minimum absolute atomic E-state index is 0.219. The van der Waals surface area contributed by atoms with Gasteiger partial charge in [-0.15, -0.1) is 0 Å². The summed E-state index contributed by atoms with van der Waals surface area (Å²) >= 11 is 0. The van der Waals surface area contributed by atoms with E-state index in [1.165, 1.54) is 0 Å². The van der Waals surface area contributed by atoms with Crippen molar-refractivity contribution in [2.45, 2.75) is 13.8 Å². The number of rotatable bonds is 2. The van der Waals surface area contributed by atoms with Crippen LogP contribution in [-0.4, -0.2) is 11.9 Å². The van der Waals surface area contributed by atoms with Gasteiger partial charge in [0.2, 0.25) is 0 Å². The fraction of sp³-hybridized carbons (Fsp3) is 0.0909. The van der Waals surface area contributed by atoms with Crippen LogP contribution >= 0.6 is 0 Å². The van der Waals surface area contributed by atoms with Crippen LogP contribution in [0.5, 0.6) is 0 Å². The number of aryl methyl sites for hydroxylation is 2. The summed E-state index contributed by atoms with van der Waals surface area (Å²) in [6.07, 6.45) is 3.22. The summed E-state index contributed by atoms with van der Waals surface area (Å²) in [5.41, 5.74) is 4.07. The molecular formula is C22H16O4. The summed E-state index contributed by atoms with van der Waals surface area (Å²) in [6.45, 7) is 3.88. The molecule has 0 unspecified atom stereocenters. The molecule has 2 aromatic rings. The maximum atomic E-state index is 12.3. The van der Waals surface area contributed by atoms with E-state index in [9.17, 15) is 9.59 Å². The molecule has 2 aliphatic heterocycles. The Labute approximate surface area is 151 Å². The average Bonchev–Trinajstić information content (AvgIpc) is 3.18. The monoisotopic (exact) mass is 344 g/mol. The van der Waals surface area contributed by atoms with E-state index < -0.39 is 11.9 Å². The zero-order chi connectivity index (χ0) is 18.3. The first-order chi connectivity index (χ1) is 12.5. The van der Waals surface area contributed by atoms with Gasteiger partial charge < -0.3 is 9.47 Å². The Bertz CT molecular complexity index is 954. The fourth-order valence-corrected chi connectivity index (χ4v) is 3.09. The Kier molecular flexibility index (Phi) is 3.81. The van der Waals surface area contributed by atoms with Gasteiger partial charge in [-0.2, -0.15) is 0 Å². The molecule has 0 atom stereocenters. The topological polar surface area (TPSA) is 52.6 Å². The number of carbonyl (C=O) groups is 2. The highest BCUT2D eigenvalue weighted by Crippen LogP contribution is 2.35. The molecule has 0 N–H and O–H groups in total. The molecule has 0 amide bonds. The van der Waals surface area contributed by atoms with Crippen molar-refractivity contribution in [2.75, 3.05) is 0 Å². The Morgan fingerprint density at radius 3 is 1.38 bits per heavy atom. The highest BCUT2D eigenvalue weighted by Gasteiger charge is 2.32. The lowest BCUT2D eigenvalue weighted by molar-refractivity contribution is -0.133. The lowest BCUT2D eigenvalue weighted by Crippen LogP contribution is -2.05. The maximum Gasteiger partial charge on any atom is 0.344 e. The summed E-state index contributed by atoms with van der Waals surface area (Å²) in [6, 6.07) is 15.2. The van der Waals surface area contributed by atoms with E-state index in [0.29, 0.717) is 11.5 Å². The summed E-state index contributed by atoms with van der Waals surface area (Å²) in [5, 5.41) is 0. The summed E-state index contributed by atoms with van der Waals surface area (Å²) in [4.78, 5) is 24.7. The largest absolute Gasteiger partial charge is 0.422 e. The first-order valence-corrected chi connectivity index (χ1v) is 8.28. The normalized spacial score (nSPS) is 19.2. The molecule has 2 aliphatic rings. The Balaban J connectivity index is 1.79. The number of benzene rings is 2. The number of cyclic esters (lactones) is 2. The first kappa shape index (κ1) is 16.1. The van der Waals surface area contributed by atoms with Gasteiger partial charge in [-0.05, 0) is 37.1 Å². The van der Waals surface area contributed by atoms with Crippen LogP contribution in [-0.2, 0) is 19.1 Å². The summed E-state index contributed by atoms with van der Waals surface area (Å²) < 4.78 is 10.8. The number of hydrogen-bond donors (Lipinski definition) is 0. The number of carbonyl (C=O) groups excluding carboxylic acids is 2. The summed E-state index contributed by atoms with van der Waals surface area (Å²) in [7, 11) is 0. The highest BCUT2D eigenvalue weighted by molar-refractivity contribution is 6.12. The van der Waals surface area contributed by atoms with Gasteiger partial charge in [0.15, 0.2) is 0 Å². The fourth-order valence-electron chi connectivity index (χ4n) is 3.09. The molecule has 0 saturated carbocycles. The van der Waals surface area contributed by atoms with Crippen molar-refractivity contribution in [1.29, 1.82) is 0 Å². The number of ether oxygens (including phenoxy) is 2. The molecule has 0 fully saturated rings. The van der Waals surface area contributed by atoms with Crippen LogP contribution in [0.25, 0.3) is 11.5 Å². The van der Waals surface area contributed by atoms with Crippen LogP contribution in [0.15, 0.2) is 71.8 Å². The SMILES string of the molecule is Cc1ccccc1C1=CC(=C2C=C(c3ccccc3C)OC2=O)C(=O)O1. The van der Waals surface area contributed by atoms with Crippen molar-refractivity contribution in [1.82, 2.24) is 0 Å². The van der Waals surface area contributed by atoms with Crippen LogP contribution in [0.1, 0.15) is 22.3 Å². The second-order valence-corrected chi connectivity index (χ2v) is 6.25. The predicted octanol–water partition coefficient (Wildman–Crippen LogP) is 4.10. The minimum atomic E-state index is -0.544. The van der Waals surface area contributed by atoms with Gasteiger partial charge in [-0.25, -0.2) is 9.59 Å². The third kappa shape index (κ3) is 2.65. The number of hydrogen-bond acceptors (Lipinski definition) is 4. The zero-order valence-electron chi connectivity index (χ0n) is 14.4. The van der Waals surface area contributed by atoms with Gasteiger partial charge in [0.1, 0.15) is 11.5 Å². The van der Waals surface area contributed by atoms with E-state index in [2.05, 4.69) is 0 Å². The smallest absolute Gasteiger partial charge is 0.344 e. The summed E-state index contributed by atoms with van der Waals surface area (Å²) in [5.74, 6) is -0.197. The Morgan fingerprint density at radius 1 is 0.615 bits per heavy atom. The van der Waals surface area contributed by atoms with Crippen LogP contribution in [0.4, 0.5) is 0 Å². The first-order valence-electron chi connectivity index (χ1n) is 8.28. The lowest BCUT2D eigenvalue weighted by Gasteiger charge is -2.04. The van der Waals surface area contributed by atoms with Gasteiger partial charge in [0.05, 0.1) is 11.1 Å². The molecule has 2 heterocycles. The van der Waals surface area contributed by atoms with Crippen LogP contribution in [0, 0.1) is 13.8 Å². The lowest BCUT2D eigenvalue weighted by atomic mass is 10.0. The van der Waals surface area contributed by atoms with Crippen LogP contribution in [0.2, 0.25) is 0 Å². The molecule has 0 aromatic heterocycles. The molecule has 128 valence electrons. The molecule has 4 heteroatoms. The van der Waals surface area contributed by atoms with E-state index in [1.54, 1.807) is 12.2 Å². The molecule has 26 heavy (non-hydrogen) atoms. The van der Waals surface area contributed by atoms with E-state index in [0.717, 1.165) is 22.3 Å². The average molecular weight is 344 g/mol. The highest BCUT2D eigenvalue weighted by atomic mass is 16.5. The minimum Gasteiger partial charge on any atom is -0.422 e. The van der Waals surface area contributed by atoms with Crippen molar-refractivity contribution in [3.63, 3.8) is 0 Å². The molecular weight excluding hydrogens is 328 g/mol. The standard InChI is InChI=1S/C22H16O4/c1-13-7-3-5-9-15(13)19-11-17(21(23)25-19)18-12-20(26-22(18)24)16-10-6-4-8-14(16)2/h3-12H,1-2H3. The maximum absolute atomic E-state index is 12.3. The van der Waals surface area contributed by atoms with E-state index in [4.69, 9.17) is 9.47 Å². The quantitative estimate of drug-likeness (QED) is 0.608. The molecule has 2 aromatic carbocycles. The third-order valence-corrected chi connectivity index (χ3v) is 4.51. The van der Waals surface area contributed by atoms with Crippen molar-refractivity contribution in [2.24, 2.45) is 0 Å². The predicted molar refractivity (Wildman–Crippen MR) is 97.5 cm³/mol. The van der Waals surface area contributed by atoms with Gasteiger partial charge >= 0.3 is 11.9 Å². The molecule has 4 rings (SSSR count). The Morgan fingerprint density at radius 2 is 1.00 bits per heavy atom. The third-order valence-electron chi connectivity index (χ3n) is 4.51. The van der Waals surface area contributed by atoms with Crippen molar-refractivity contribution >= 4 is 23.5 Å². The van der Waals surface area contributed by atoms with Gasteiger partial charge in [0.25, 0.3) is 0 Å². The number of esters is 2. The van der Waals surface area contributed by atoms with Crippen molar-refractivity contribution in [3.8, 4) is 0 Å². The second kappa shape index (κ2) is 6.15. The van der Waals surface area contributed by atoms with Gasteiger partial charge in [-0.3, -0.25) is 0 Å². The van der Waals surface area contributed by atoms with Gasteiger partial charge in [-0.1, -0.05) is 48.5 Å². The molecule has 0 saturated heterocycles.